The zero-order chi connectivity index (χ0) is 16.3. The quantitative estimate of drug-likeness (QED) is 0.328. The van der Waals surface area contributed by atoms with Gasteiger partial charge in [0.1, 0.15) is 11.1 Å². The van der Waals surface area contributed by atoms with E-state index in [4.69, 9.17) is 18.5 Å². The monoisotopic (exact) mass is 330 g/mol. The molecule has 0 N–H and O–H groups in total. The molecule has 0 amide bonds. The Morgan fingerprint density at radius 3 is 2.14 bits per heavy atom. The average molecular weight is 330 g/mol. The zero-order valence-electron chi connectivity index (χ0n) is 13.7. The van der Waals surface area contributed by atoms with Crippen molar-refractivity contribution in [3.63, 3.8) is 0 Å². The van der Waals surface area contributed by atoms with Crippen molar-refractivity contribution in [3.8, 4) is 5.75 Å². The lowest BCUT2D eigenvalue weighted by molar-refractivity contribution is 0.0516. The van der Waals surface area contributed by atoms with Gasteiger partial charge in [0, 0.05) is 7.11 Å². The van der Waals surface area contributed by atoms with Crippen LogP contribution in [0.4, 0.5) is 0 Å². The highest BCUT2D eigenvalue weighted by Gasteiger charge is 2.31. The Balaban J connectivity index is 2.95. The number of unbranched alkanes of at least 4 members (excludes halogenated alkanes) is 2. The summed E-state index contributed by atoms with van der Waals surface area (Å²) in [7, 11) is -1.85. The Labute approximate surface area is 133 Å². The Morgan fingerprint density at radius 1 is 1.00 bits per heavy atom. The lowest BCUT2D eigenvalue weighted by Crippen LogP contribution is -2.16. The summed E-state index contributed by atoms with van der Waals surface area (Å²) in [4.78, 5) is 0. The van der Waals surface area contributed by atoms with Gasteiger partial charge in [-0.3, -0.25) is 4.57 Å². The van der Waals surface area contributed by atoms with Crippen LogP contribution < -0.4 is 10.0 Å². The standard InChI is InChI=1S/C16H27O5P/c1-4-6-12-20-22(17,21-13-7-5-2)16-11-9-8-10-15(16)19-14-18-3/h8-11H,4-7,12-14H2,1-3H3. The highest BCUT2D eigenvalue weighted by atomic mass is 31.2. The molecule has 0 bridgehead atoms. The Hall–Kier alpha value is -0.870. The van der Waals surface area contributed by atoms with Crippen molar-refractivity contribution in [3.05, 3.63) is 24.3 Å². The lowest BCUT2D eigenvalue weighted by atomic mass is 10.3. The average Bonchev–Trinajstić information content (AvgIpc) is 2.54. The molecule has 1 aromatic carbocycles. The SMILES string of the molecule is CCCCOP(=O)(OCCCC)c1ccccc1OCOC. The van der Waals surface area contributed by atoms with Crippen molar-refractivity contribution in [2.75, 3.05) is 27.1 Å². The Morgan fingerprint density at radius 2 is 1.59 bits per heavy atom. The van der Waals surface area contributed by atoms with Crippen LogP contribution in [0.5, 0.6) is 5.75 Å². The summed E-state index contributed by atoms with van der Waals surface area (Å²) in [6.45, 7) is 5.00. The summed E-state index contributed by atoms with van der Waals surface area (Å²) in [5.74, 6) is 0.473. The summed E-state index contributed by atoms with van der Waals surface area (Å²) in [6.07, 6.45) is 3.61. The molecular formula is C16H27O5P. The fourth-order valence-electron chi connectivity index (χ4n) is 1.76. The molecule has 0 unspecified atom stereocenters. The molecule has 6 heteroatoms. The Kier molecular flexibility index (Phi) is 9.41. The first kappa shape index (κ1) is 19.2. The zero-order valence-corrected chi connectivity index (χ0v) is 14.6. The predicted molar refractivity (Wildman–Crippen MR) is 87.9 cm³/mol. The molecule has 126 valence electrons. The molecule has 0 heterocycles. The Bertz CT molecular complexity index is 450. The van der Waals surface area contributed by atoms with E-state index in [-0.39, 0.29) is 6.79 Å². The third kappa shape index (κ3) is 6.09. The molecule has 1 rings (SSSR count). The van der Waals surface area contributed by atoms with E-state index in [0.29, 0.717) is 24.3 Å². The maximum absolute atomic E-state index is 13.2. The van der Waals surface area contributed by atoms with Gasteiger partial charge in [0.05, 0.1) is 13.2 Å². The molecule has 0 aliphatic rings. The maximum atomic E-state index is 13.2. The number of rotatable bonds is 12. The predicted octanol–water partition coefficient (Wildman–Crippen LogP) is 4.12. The van der Waals surface area contributed by atoms with Crippen LogP contribution in [0.1, 0.15) is 39.5 Å². The van der Waals surface area contributed by atoms with Crippen LogP contribution in [-0.2, 0) is 18.3 Å². The molecule has 0 fully saturated rings. The summed E-state index contributed by atoms with van der Waals surface area (Å²) in [6, 6.07) is 7.09. The summed E-state index contributed by atoms with van der Waals surface area (Å²) >= 11 is 0. The van der Waals surface area contributed by atoms with Gasteiger partial charge in [-0.2, -0.15) is 0 Å². The highest BCUT2D eigenvalue weighted by Crippen LogP contribution is 2.49. The second-order valence-electron chi connectivity index (χ2n) is 4.89. The van der Waals surface area contributed by atoms with Crippen LogP contribution in [0.3, 0.4) is 0 Å². The van der Waals surface area contributed by atoms with E-state index < -0.39 is 7.60 Å². The van der Waals surface area contributed by atoms with Gasteiger partial charge in [-0.1, -0.05) is 38.8 Å². The number of hydrogen-bond donors (Lipinski definition) is 0. The fraction of sp³-hybridized carbons (Fsp3) is 0.625. The first-order valence-electron chi connectivity index (χ1n) is 7.78. The van der Waals surface area contributed by atoms with Gasteiger partial charge in [0.2, 0.25) is 0 Å². The fourth-order valence-corrected chi connectivity index (χ4v) is 3.53. The summed E-state index contributed by atoms with van der Waals surface area (Å²) < 4.78 is 34.9. The maximum Gasteiger partial charge on any atom is 0.365 e. The minimum absolute atomic E-state index is 0.0843. The van der Waals surface area contributed by atoms with Gasteiger partial charge in [-0.05, 0) is 25.0 Å². The van der Waals surface area contributed by atoms with E-state index in [2.05, 4.69) is 13.8 Å². The van der Waals surface area contributed by atoms with Gasteiger partial charge in [-0.15, -0.1) is 0 Å². The minimum atomic E-state index is -3.39. The molecule has 22 heavy (non-hydrogen) atoms. The van der Waals surface area contributed by atoms with Crippen molar-refractivity contribution in [2.45, 2.75) is 39.5 Å². The first-order valence-corrected chi connectivity index (χ1v) is 9.32. The molecular weight excluding hydrogens is 303 g/mol. The first-order chi connectivity index (χ1) is 10.7. The van der Waals surface area contributed by atoms with Crippen LogP contribution in [0.2, 0.25) is 0 Å². The van der Waals surface area contributed by atoms with Crippen LogP contribution in [0, 0.1) is 0 Å². The van der Waals surface area contributed by atoms with Gasteiger partial charge in [-0.25, -0.2) is 0 Å². The van der Waals surface area contributed by atoms with E-state index in [1.54, 1.807) is 18.2 Å². The van der Waals surface area contributed by atoms with E-state index in [1.165, 1.54) is 7.11 Å². The second-order valence-corrected chi connectivity index (χ2v) is 6.88. The van der Waals surface area contributed by atoms with E-state index >= 15 is 0 Å². The molecule has 0 aromatic heterocycles. The minimum Gasteiger partial charge on any atom is -0.467 e. The summed E-state index contributed by atoms with van der Waals surface area (Å²) in [5, 5.41) is 0.458. The molecule has 0 saturated heterocycles. The molecule has 0 atom stereocenters. The third-order valence-electron chi connectivity index (χ3n) is 3.01. The topological polar surface area (TPSA) is 54.0 Å². The van der Waals surface area contributed by atoms with Crippen LogP contribution >= 0.6 is 7.60 Å². The number of benzene rings is 1. The lowest BCUT2D eigenvalue weighted by Gasteiger charge is -2.21. The van der Waals surface area contributed by atoms with Crippen molar-refractivity contribution in [1.82, 2.24) is 0 Å². The van der Waals surface area contributed by atoms with E-state index in [9.17, 15) is 4.57 Å². The largest absolute Gasteiger partial charge is 0.467 e. The van der Waals surface area contributed by atoms with Crippen molar-refractivity contribution in [2.24, 2.45) is 0 Å². The smallest absolute Gasteiger partial charge is 0.365 e. The molecule has 5 nitrogen and oxygen atoms in total. The third-order valence-corrected chi connectivity index (χ3v) is 5.02. The van der Waals surface area contributed by atoms with Crippen molar-refractivity contribution < 1.29 is 23.1 Å². The van der Waals surface area contributed by atoms with E-state index in [0.717, 1.165) is 25.7 Å². The van der Waals surface area contributed by atoms with Gasteiger partial charge < -0.3 is 18.5 Å². The number of para-hydroxylation sites is 1. The number of ether oxygens (including phenoxy) is 2. The molecule has 0 saturated carbocycles. The number of methoxy groups -OCH3 is 1. The van der Waals surface area contributed by atoms with Crippen LogP contribution in [0.15, 0.2) is 24.3 Å². The highest BCUT2D eigenvalue weighted by molar-refractivity contribution is 7.62. The van der Waals surface area contributed by atoms with Crippen LogP contribution in [0.25, 0.3) is 0 Å². The summed E-state index contributed by atoms with van der Waals surface area (Å²) in [5.41, 5.74) is 0. The second kappa shape index (κ2) is 10.8. The van der Waals surface area contributed by atoms with Crippen molar-refractivity contribution >= 4 is 12.9 Å². The van der Waals surface area contributed by atoms with Crippen molar-refractivity contribution in [1.29, 1.82) is 0 Å². The van der Waals surface area contributed by atoms with Gasteiger partial charge in [0.25, 0.3) is 0 Å². The number of hydrogen-bond acceptors (Lipinski definition) is 5. The molecule has 0 spiro atoms. The van der Waals surface area contributed by atoms with Crippen LogP contribution in [-0.4, -0.2) is 27.1 Å². The molecule has 1 aromatic rings. The molecule has 0 aliphatic carbocycles. The normalized spacial score (nSPS) is 11.6. The van der Waals surface area contributed by atoms with Gasteiger partial charge in [0.15, 0.2) is 6.79 Å². The van der Waals surface area contributed by atoms with E-state index in [1.807, 2.05) is 6.07 Å². The molecule has 0 radical (unpaired) electrons. The molecule has 0 aliphatic heterocycles. The van der Waals surface area contributed by atoms with Gasteiger partial charge >= 0.3 is 7.60 Å².